The maximum atomic E-state index is 11.1. The zero-order valence-electron chi connectivity index (χ0n) is 5.96. The Morgan fingerprint density at radius 3 is 2.91 bits per heavy atom. The first kappa shape index (κ1) is 8.27. The third-order valence-electron chi connectivity index (χ3n) is 1.24. The topological polar surface area (TPSA) is 22.0 Å². The molecule has 0 atom stereocenters. The average Bonchev–Trinajstić information content (AvgIpc) is 1.93. The molecular weight excluding hydrogens is 206 g/mol. The molecule has 0 saturated heterocycles. The van der Waals surface area contributed by atoms with Crippen molar-refractivity contribution in [2.75, 3.05) is 0 Å². The van der Waals surface area contributed by atoms with E-state index in [0.29, 0.717) is 6.54 Å². The summed E-state index contributed by atoms with van der Waals surface area (Å²) < 4.78 is 2.38. The van der Waals surface area contributed by atoms with Gasteiger partial charge in [0.1, 0.15) is 0 Å². The van der Waals surface area contributed by atoms with Crippen LogP contribution in [0.1, 0.15) is 0 Å². The number of pyridine rings is 1. The maximum Gasteiger partial charge on any atom is 0.250 e. The van der Waals surface area contributed by atoms with Crippen molar-refractivity contribution >= 4 is 15.9 Å². The molecule has 0 amide bonds. The molecule has 0 radical (unpaired) electrons. The quantitative estimate of drug-likeness (QED) is 0.735. The molecule has 0 fully saturated rings. The molecule has 1 rings (SSSR count). The van der Waals surface area contributed by atoms with Crippen LogP contribution in [0.4, 0.5) is 0 Å². The SMILES string of the molecule is C=C(Br)Cn1ccccc1=O. The molecule has 3 heteroatoms. The molecule has 0 aliphatic heterocycles. The molecule has 0 N–H and O–H groups in total. The number of allylic oxidation sites excluding steroid dienone is 1. The van der Waals surface area contributed by atoms with Crippen LogP contribution in [0.25, 0.3) is 0 Å². The highest BCUT2D eigenvalue weighted by Gasteiger charge is 1.92. The maximum absolute atomic E-state index is 11.1. The zero-order chi connectivity index (χ0) is 8.27. The molecule has 2 nitrogen and oxygen atoms in total. The van der Waals surface area contributed by atoms with E-state index >= 15 is 0 Å². The van der Waals surface area contributed by atoms with Crippen molar-refractivity contribution in [2.24, 2.45) is 0 Å². The molecule has 0 aromatic carbocycles. The third kappa shape index (κ3) is 2.35. The number of hydrogen-bond donors (Lipinski definition) is 0. The highest BCUT2D eigenvalue weighted by molar-refractivity contribution is 9.11. The minimum atomic E-state index is -0.00639. The van der Waals surface area contributed by atoms with E-state index in [1.54, 1.807) is 16.8 Å². The lowest BCUT2D eigenvalue weighted by atomic mass is 10.4. The van der Waals surface area contributed by atoms with Gasteiger partial charge in [0, 0.05) is 16.7 Å². The predicted molar refractivity (Wildman–Crippen MR) is 48.8 cm³/mol. The molecule has 0 unspecified atom stereocenters. The Bertz CT molecular complexity index is 316. The van der Waals surface area contributed by atoms with Gasteiger partial charge in [0.05, 0.1) is 6.54 Å². The largest absolute Gasteiger partial charge is 0.311 e. The minimum absolute atomic E-state index is 0.00639. The lowest BCUT2D eigenvalue weighted by Gasteiger charge is -2.01. The molecule has 1 aromatic heterocycles. The fraction of sp³-hybridized carbons (Fsp3) is 0.125. The highest BCUT2D eigenvalue weighted by Crippen LogP contribution is 2.01. The van der Waals surface area contributed by atoms with Crippen molar-refractivity contribution in [2.45, 2.75) is 6.54 Å². The summed E-state index contributed by atoms with van der Waals surface area (Å²) in [5.41, 5.74) is -0.00639. The second-order valence-corrected chi connectivity index (χ2v) is 3.31. The first-order valence-corrected chi connectivity index (χ1v) is 3.98. The first-order valence-electron chi connectivity index (χ1n) is 3.19. The van der Waals surface area contributed by atoms with E-state index in [1.807, 2.05) is 6.07 Å². The number of aromatic nitrogens is 1. The summed E-state index contributed by atoms with van der Waals surface area (Å²) in [5, 5.41) is 0. The van der Waals surface area contributed by atoms with Crippen LogP contribution < -0.4 is 5.56 Å². The van der Waals surface area contributed by atoms with E-state index in [-0.39, 0.29) is 5.56 Å². The van der Waals surface area contributed by atoms with E-state index in [1.165, 1.54) is 6.07 Å². The van der Waals surface area contributed by atoms with Crippen molar-refractivity contribution in [3.63, 3.8) is 0 Å². The molecule has 1 aromatic rings. The second-order valence-electron chi connectivity index (χ2n) is 2.18. The van der Waals surface area contributed by atoms with Gasteiger partial charge in [0.2, 0.25) is 0 Å². The second kappa shape index (κ2) is 3.53. The molecule has 58 valence electrons. The van der Waals surface area contributed by atoms with Crippen LogP contribution in [0.2, 0.25) is 0 Å². The van der Waals surface area contributed by atoms with Crippen molar-refractivity contribution in [3.8, 4) is 0 Å². The van der Waals surface area contributed by atoms with Gasteiger partial charge in [-0.2, -0.15) is 0 Å². The van der Waals surface area contributed by atoms with E-state index in [2.05, 4.69) is 22.5 Å². The van der Waals surface area contributed by atoms with Gasteiger partial charge in [-0.3, -0.25) is 4.79 Å². The van der Waals surface area contributed by atoms with Gasteiger partial charge in [0.25, 0.3) is 5.56 Å². The summed E-state index contributed by atoms with van der Waals surface area (Å²) in [6.45, 7) is 4.18. The fourth-order valence-corrected chi connectivity index (χ4v) is 1.05. The molecule has 0 spiro atoms. The smallest absolute Gasteiger partial charge is 0.250 e. The molecule has 0 aliphatic carbocycles. The van der Waals surface area contributed by atoms with Crippen LogP contribution in [-0.2, 0) is 6.54 Å². The molecule has 11 heavy (non-hydrogen) atoms. The van der Waals surface area contributed by atoms with E-state index < -0.39 is 0 Å². The van der Waals surface area contributed by atoms with Crippen LogP contribution in [-0.4, -0.2) is 4.57 Å². The van der Waals surface area contributed by atoms with E-state index in [4.69, 9.17) is 0 Å². The Morgan fingerprint density at radius 1 is 1.64 bits per heavy atom. The van der Waals surface area contributed by atoms with Crippen molar-refractivity contribution in [1.29, 1.82) is 0 Å². The summed E-state index contributed by atoms with van der Waals surface area (Å²) in [6, 6.07) is 5.06. The Balaban J connectivity index is 2.95. The standard InChI is InChI=1S/C8H8BrNO/c1-7(9)6-10-5-3-2-4-8(10)11/h2-5H,1,6H2. The zero-order valence-corrected chi connectivity index (χ0v) is 7.54. The van der Waals surface area contributed by atoms with Crippen molar-refractivity contribution in [1.82, 2.24) is 4.57 Å². The van der Waals surface area contributed by atoms with Crippen molar-refractivity contribution < 1.29 is 0 Å². The van der Waals surface area contributed by atoms with Gasteiger partial charge in [-0.05, 0) is 6.07 Å². The number of rotatable bonds is 2. The summed E-state index contributed by atoms with van der Waals surface area (Å²) in [5.74, 6) is 0. The lowest BCUT2D eigenvalue weighted by molar-refractivity contribution is 0.775. The van der Waals surface area contributed by atoms with Crippen LogP contribution in [0.3, 0.4) is 0 Å². The molecular formula is C8H8BrNO. The number of halogens is 1. The third-order valence-corrected chi connectivity index (χ3v) is 1.49. The van der Waals surface area contributed by atoms with Crippen LogP contribution in [0.5, 0.6) is 0 Å². The summed E-state index contributed by atoms with van der Waals surface area (Å²) in [4.78, 5) is 11.1. The van der Waals surface area contributed by atoms with Gasteiger partial charge < -0.3 is 4.57 Å². The van der Waals surface area contributed by atoms with Crippen LogP contribution in [0, 0.1) is 0 Å². The van der Waals surface area contributed by atoms with Crippen molar-refractivity contribution in [3.05, 3.63) is 45.8 Å². The highest BCUT2D eigenvalue weighted by atomic mass is 79.9. The summed E-state index contributed by atoms with van der Waals surface area (Å²) >= 11 is 3.19. The van der Waals surface area contributed by atoms with E-state index in [0.717, 1.165) is 4.48 Å². The van der Waals surface area contributed by atoms with Gasteiger partial charge >= 0.3 is 0 Å². The molecule has 1 heterocycles. The fourth-order valence-electron chi connectivity index (χ4n) is 0.776. The predicted octanol–water partition coefficient (Wildman–Crippen LogP) is 1.76. The van der Waals surface area contributed by atoms with Gasteiger partial charge in [-0.1, -0.05) is 28.6 Å². The summed E-state index contributed by atoms with van der Waals surface area (Å²) in [6.07, 6.45) is 1.73. The van der Waals surface area contributed by atoms with Gasteiger partial charge in [-0.15, -0.1) is 0 Å². The number of nitrogens with zero attached hydrogens (tertiary/aromatic N) is 1. The Kier molecular flexibility index (Phi) is 2.65. The average molecular weight is 214 g/mol. The summed E-state index contributed by atoms with van der Waals surface area (Å²) in [7, 11) is 0. The Labute approximate surface area is 73.3 Å². The molecule has 0 saturated carbocycles. The first-order chi connectivity index (χ1) is 5.20. The monoisotopic (exact) mass is 213 g/mol. The van der Waals surface area contributed by atoms with E-state index in [9.17, 15) is 4.79 Å². The Hall–Kier alpha value is -0.830. The Morgan fingerprint density at radius 2 is 2.36 bits per heavy atom. The van der Waals surface area contributed by atoms with Gasteiger partial charge in [-0.25, -0.2) is 0 Å². The normalized spacial score (nSPS) is 9.55. The van der Waals surface area contributed by atoms with Crippen LogP contribution >= 0.6 is 15.9 Å². The lowest BCUT2D eigenvalue weighted by Crippen LogP contribution is -2.17. The van der Waals surface area contributed by atoms with Gasteiger partial charge in [0.15, 0.2) is 0 Å². The van der Waals surface area contributed by atoms with Crippen LogP contribution in [0.15, 0.2) is 40.3 Å². The molecule has 0 bridgehead atoms. The number of hydrogen-bond acceptors (Lipinski definition) is 1. The minimum Gasteiger partial charge on any atom is -0.311 e. The molecule has 0 aliphatic rings.